The molecule has 1 heterocycles. The minimum atomic E-state index is -1.29. The van der Waals surface area contributed by atoms with Gasteiger partial charge in [0, 0.05) is 31.2 Å². The number of carboxylic acid groups (broad SMARTS) is 1. The Balaban J connectivity index is 1.66. The molecule has 0 saturated heterocycles. The number of hydrogen-bond donors (Lipinski definition) is 8. The van der Waals surface area contributed by atoms with Crippen LogP contribution in [0.4, 0.5) is 0 Å². The number of nitrogens with one attached hydrogen (secondary N) is 4. The molecule has 0 saturated carbocycles. The SMILES string of the molecule is CC(NC(=O)C(Cc1ccc(O)cc1)NC(=O)C(N)Cc1cnc[nH]1)C(=O)NC(Cc1ccc(O)cc1)C(=O)O. The van der Waals surface area contributed by atoms with Gasteiger partial charge < -0.3 is 42.0 Å². The number of aromatic hydroxyl groups is 2. The summed E-state index contributed by atoms with van der Waals surface area (Å²) in [5.74, 6) is -3.27. The van der Waals surface area contributed by atoms with Crippen molar-refractivity contribution < 1.29 is 34.5 Å². The first kappa shape index (κ1) is 29.6. The van der Waals surface area contributed by atoms with Crippen LogP contribution in [0.3, 0.4) is 0 Å². The van der Waals surface area contributed by atoms with Crippen LogP contribution in [-0.2, 0) is 38.4 Å². The van der Waals surface area contributed by atoms with E-state index in [9.17, 15) is 34.5 Å². The van der Waals surface area contributed by atoms with Gasteiger partial charge >= 0.3 is 5.97 Å². The molecule has 0 aliphatic heterocycles. The van der Waals surface area contributed by atoms with Gasteiger partial charge in [0.05, 0.1) is 12.4 Å². The van der Waals surface area contributed by atoms with E-state index in [1.165, 1.54) is 55.8 Å². The van der Waals surface area contributed by atoms with Crippen LogP contribution in [0.15, 0.2) is 61.1 Å². The monoisotopic (exact) mass is 552 g/mol. The number of H-pyrrole nitrogens is 1. The Kier molecular flexibility index (Phi) is 10.2. The van der Waals surface area contributed by atoms with Gasteiger partial charge in [0.25, 0.3) is 0 Å². The lowest BCUT2D eigenvalue weighted by atomic mass is 10.0. The van der Waals surface area contributed by atoms with Crippen molar-refractivity contribution in [3.63, 3.8) is 0 Å². The third-order valence-electron chi connectivity index (χ3n) is 6.08. The Morgan fingerprint density at radius 2 is 1.32 bits per heavy atom. The number of hydrogen-bond acceptors (Lipinski definition) is 8. The molecule has 0 spiro atoms. The number of aromatic amines is 1. The predicted molar refractivity (Wildman–Crippen MR) is 143 cm³/mol. The zero-order valence-corrected chi connectivity index (χ0v) is 21.7. The summed E-state index contributed by atoms with van der Waals surface area (Å²) in [6, 6.07) is 7.37. The van der Waals surface area contributed by atoms with Crippen molar-refractivity contribution in [3.8, 4) is 11.5 Å². The standard InChI is InChI=1S/C27H32N6O7/c1-15(24(36)33-23(27(39)40)11-17-4-8-20(35)9-5-17)31-26(38)22(10-16-2-6-19(34)7-3-16)32-25(37)21(28)12-18-13-29-14-30-18/h2-9,13-15,21-23,34-35H,10-12,28H2,1H3,(H,29,30)(H,31,38)(H,32,37)(H,33,36)(H,39,40). The van der Waals surface area contributed by atoms with Gasteiger partial charge in [-0.2, -0.15) is 0 Å². The highest BCUT2D eigenvalue weighted by Crippen LogP contribution is 2.13. The summed E-state index contributed by atoms with van der Waals surface area (Å²) in [6.45, 7) is 1.39. The number of imidazole rings is 1. The van der Waals surface area contributed by atoms with Crippen LogP contribution in [0, 0.1) is 0 Å². The van der Waals surface area contributed by atoms with Crippen molar-refractivity contribution in [2.75, 3.05) is 0 Å². The number of phenolic OH excluding ortho intramolecular Hbond substituents is 2. The zero-order chi connectivity index (χ0) is 29.2. The predicted octanol–water partition coefficient (Wildman–Crippen LogP) is -0.265. The fraction of sp³-hybridized carbons (Fsp3) is 0.296. The third kappa shape index (κ3) is 8.84. The van der Waals surface area contributed by atoms with Crippen LogP contribution in [0.25, 0.3) is 0 Å². The van der Waals surface area contributed by atoms with Gasteiger partial charge in [-0.15, -0.1) is 0 Å². The van der Waals surface area contributed by atoms with E-state index in [1.807, 2.05) is 0 Å². The first-order valence-electron chi connectivity index (χ1n) is 12.4. The van der Waals surface area contributed by atoms with E-state index in [4.69, 9.17) is 5.73 Å². The first-order chi connectivity index (χ1) is 19.0. The number of carboxylic acids is 1. The molecule has 9 N–H and O–H groups in total. The summed E-state index contributed by atoms with van der Waals surface area (Å²) in [5.41, 5.74) is 7.85. The molecule has 212 valence electrons. The van der Waals surface area contributed by atoms with Crippen molar-refractivity contribution in [2.45, 2.75) is 50.4 Å². The van der Waals surface area contributed by atoms with Gasteiger partial charge in [0.1, 0.15) is 29.6 Å². The molecule has 0 bridgehead atoms. The smallest absolute Gasteiger partial charge is 0.326 e. The molecule has 4 unspecified atom stereocenters. The van der Waals surface area contributed by atoms with Crippen molar-refractivity contribution in [2.24, 2.45) is 5.73 Å². The van der Waals surface area contributed by atoms with Gasteiger partial charge in [-0.05, 0) is 42.3 Å². The number of phenols is 2. The molecule has 1 aromatic heterocycles. The maximum atomic E-state index is 13.2. The highest BCUT2D eigenvalue weighted by Gasteiger charge is 2.29. The second kappa shape index (κ2) is 13.8. The number of nitrogens with zero attached hydrogens (tertiary/aromatic N) is 1. The first-order valence-corrected chi connectivity index (χ1v) is 12.4. The highest BCUT2D eigenvalue weighted by atomic mass is 16.4. The number of benzene rings is 2. The normalized spacial score (nSPS) is 13.8. The molecule has 40 heavy (non-hydrogen) atoms. The second-order valence-electron chi connectivity index (χ2n) is 9.32. The fourth-order valence-electron chi connectivity index (χ4n) is 3.83. The zero-order valence-electron chi connectivity index (χ0n) is 21.7. The Morgan fingerprint density at radius 1 is 0.800 bits per heavy atom. The maximum Gasteiger partial charge on any atom is 0.326 e. The maximum absolute atomic E-state index is 13.2. The number of rotatable bonds is 13. The summed E-state index contributed by atoms with van der Waals surface area (Å²) < 4.78 is 0. The van der Waals surface area contributed by atoms with E-state index in [2.05, 4.69) is 25.9 Å². The van der Waals surface area contributed by atoms with Gasteiger partial charge in [-0.1, -0.05) is 24.3 Å². The Labute approximate surface area is 229 Å². The van der Waals surface area contributed by atoms with Gasteiger partial charge in [-0.25, -0.2) is 9.78 Å². The van der Waals surface area contributed by atoms with Gasteiger partial charge in [0.15, 0.2) is 0 Å². The molecular weight excluding hydrogens is 520 g/mol. The number of aliphatic carboxylic acids is 1. The molecule has 3 rings (SSSR count). The molecule has 4 atom stereocenters. The lowest BCUT2D eigenvalue weighted by molar-refractivity contribution is -0.142. The van der Waals surface area contributed by atoms with E-state index in [-0.39, 0.29) is 30.8 Å². The molecule has 13 nitrogen and oxygen atoms in total. The summed E-state index contributed by atoms with van der Waals surface area (Å²) >= 11 is 0. The van der Waals surface area contributed by atoms with E-state index in [0.717, 1.165) is 0 Å². The van der Waals surface area contributed by atoms with Crippen LogP contribution in [0.5, 0.6) is 11.5 Å². The Hall–Kier alpha value is -4.91. The third-order valence-corrected chi connectivity index (χ3v) is 6.08. The minimum Gasteiger partial charge on any atom is -0.508 e. The molecule has 3 aromatic rings. The van der Waals surface area contributed by atoms with Crippen molar-refractivity contribution in [3.05, 3.63) is 77.9 Å². The average Bonchev–Trinajstić information content (AvgIpc) is 3.43. The van der Waals surface area contributed by atoms with E-state index in [1.54, 1.807) is 12.1 Å². The van der Waals surface area contributed by atoms with Crippen LogP contribution < -0.4 is 21.7 Å². The molecule has 13 heteroatoms. The second-order valence-corrected chi connectivity index (χ2v) is 9.32. The molecule has 2 aromatic carbocycles. The number of amides is 3. The molecule has 0 aliphatic carbocycles. The quantitative estimate of drug-likeness (QED) is 0.140. The largest absolute Gasteiger partial charge is 0.508 e. The lowest BCUT2D eigenvalue weighted by Gasteiger charge is -2.24. The molecular formula is C27H32N6O7. The van der Waals surface area contributed by atoms with E-state index in [0.29, 0.717) is 16.8 Å². The Bertz CT molecular complexity index is 1300. The number of aromatic nitrogens is 2. The van der Waals surface area contributed by atoms with Gasteiger partial charge in [0.2, 0.25) is 17.7 Å². The summed E-state index contributed by atoms with van der Waals surface area (Å²) in [7, 11) is 0. The van der Waals surface area contributed by atoms with E-state index >= 15 is 0 Å². The molecule has 0 fully saturated rings. The van der Waals surface area contributed by atoms with Crippen LogP contribution >= 0.6 is 0 Å². The van der Waals surface area contributed by atoms with Crippen LogP contribution in [0.2, 0.25) is 0 Å². The van der Waals surface area contributed by atoms with Crippen molar-refractivity contribution in [1.29, 1.82) is 0 Å². The van der Waals surface area contributed by atoms with Crippen molar-refractivity contribution >= 4 is 23.7 Å². The number of nitrogens with two attached hydrogens (primary N) is 1. The highest BCUT2D eigenvalue weighted by molar-refractivity contribution is 5.94. The number of carbonyl (C=O) groups is 4. The van der Waals surface area contributed by atoms with E-state index < -0.39 is 47.9 Å². The average molecular weight is 553 g/mol. The molecule has 3 amide bonds. The van der Waals surface area contributed by atoms with Crippen LogP contribution in [0.1, 0.15) is 23.7 Å². The fourth-order valence-corrected chi connectivity index (χ4v) is 3.83. The van der Waals surface area contributed by atoms with Crippen molar-refractivity contribution in [1.82, 2.24) is 25.9 Å². The minimum absolute atomic E-state index is 0.0206. The molecule has 0 radical (unpaired) electrons. The van der Waals surface area contributed by atoms with Gasteiger partial charge in [-0.3, -0.25) is 14.4 Å². The van der Waals surface area contributed by atoms with Crippen LogP contribution in [-0.4, -0.2) is 73.1 Å². The summed E-state index contributed by atoms with van der Waals surface area (Å²) in [5, 5.41) is 36.1. The summed E-state index contributed by atoms with van der Waals surface area (Å²) in [4.78, 5) is 57.3. The Morgan fingerprint density at radius 3 is 1.82 bits per heavy atom. The topological polar surface area (TPSA) is 220 Å². The lowest BCUT2D eigenvalue weighted by Crippen LogP contribution is -2.57. The summed E-state index contributed by atoms with van der Waals surface area (Å²) in [6.07, 6.45) is 3.11. The molecule has 0 aliphatic rings. The number of carbonyl (C=O) groups excluding carboxylic acids is 3.